The molecule has 0 unspecified atom stereocenters. The summed E-state index contributed by atoms with van der Waals surface area (Å²) < 4.78 is 12.3. The van der Waals surface area contributed by atoms with Gasteiger partial charge < -0.3 is 19.7 Å². The van der Waals surface area contributed by atoms with E-state index in [2.05, 4.69) is 32.6 Å². The van der Waals surface area contributed by atoms with E-state index in [1.807, 2.05) is 0 Å². The van der Waals surface area contributed by atoms with Crippen molar-refractivity contribution in [1.29, 1.82) is 0 Å². The van der Waals surface area contributed by atoms with E-state index in [-0.39, 0.29) is 17.8 Å². The zero-order valence-corrected chi connectivity index (χ0v) is 19.8. The van der Waals surface area contributed by atoms with E-state index in [4.69, 9.17) is 14.6 Å². The lowest BCUT2D eigenvalue weighted by Gasteiger charge is -2.64. The predicted molar refractivity (Wildman–Crippen MR) is 120 cm³/mol. The highest BCUT2D eigenvalue weighted by atomic mass is 16.7. The molecule has 174 valence electrons. The Bertz CT molecular complexity index is 748. The van der Waals surface area contributed by atoms with E-state index in [9.17, 15) is 5.11 Å². The zero-order valence-electron chi connectivity index (χ0n) is 19.8. The average molecular weight is 431 g/mol. The van der Waals surface area contributed by atoms with Gasteiger partial charge >= 0.3 is 0 Å². The molecule has 0 aromatic carbocycles. The summed E-state index contributed by atoms with van der Waals surface area (Å²) in [6.07, 6.45) is 10.2. The van der Waals surface area contributed by atoms with Crippen molar-refractivity contribution in [3.63, 3.8) is 0 Å². The van der Waals surface area contributed by atoms with Gasteiger partial charge in [-0.05, 0) is 80.0 Å². The van der Waals surface area contributed by atoms with E-state index in [1.165, 1.54) is 19.3 Å². The number of hydrogen-bond acceptors (Lipinski definition) is 4. The molecule has 1 spiro atoms. The molecule has 0 aromatic heterocycles. The molecule has 5 fully saturated rings. The van der Waals surface area contributed by atoms with Crippen molar-refractivity contribution in [2.75, 3.05) is 19.8 Å². The molecular formula is C27H42O4. The van der Waals surface area contributed by atoms with Gasteiger partial charge in [-0.1, -0.05) is 26.7 Å². The smallest absolute Gasteiger partial charge is 0.169 e. The molecule has 0 bridgehead atoms. The number of unbranched alkanes of at least 4 members (excludes halogenated alkanes) is 1. The Hall–Kier alpha value is -0.600. The second-order valence-electron chi connectivity index (χ2n) is 11.9. The van der Waals surface area contributed by atoms with Crippen molar-refractivity contribution in [3.8, 4) is 11.8 Å². The molecule has 5 rings (SSSR count). The second kappa shape index (κ2) is 7.73. The third-order valence-electron chi connectivity index (χ3n) is 10.9. The van der Waals surface area contributed by atoms with Crippen LogP contribution in [0.2, 0.25) is 0 Å². The Kier molecular flexibility index (Phi) is 5.53. The zero-order chi connectivity index (χ0) is 21.9. The van der Waals surface area contributed by atoms with E-state index >= 15 is 0 Å². The summed E-state index contributed by atoms with van der Waals surface area (Å²) in [6.45, 7) is 9.04. The first-order valence-electron chi connectivity index (χ1n) is 12.9. The third-order valence-corrected chi connectivity index (χ3v) is 10.9. The maximum Gasteiger partial charge on any atom is 0.169 e. The van der Waals surface area contributed by atoms with Crippen molar-refractivity contribution in [2.24, 2.45) is 40.4 Å². The van der Waals surface area contributed by atoms with Crippen LogP contribution in [0.4, 0.5) is 0 Å². The fourth-order valence-corrected chi connectivity index (χ4v) is 9.03. The van der Waals surface area contributed by atoms with Gasteiger partial charge in [-0.25, -0.2) is 0 Å². The normalized spacial score (nSPS) is 50.3. The highest BCUT2D eigenvalue weighted by Crippen LogP contribution is 2.70. The summed E-state index contributed by atoms with van der Waals surface area (Å²) >= 11 is 0. The van der Waals surface area contributed by atoms with Gasteiger partial charge in [0.2, 0.25) is 0 Å². The van der Waals surface area contributed by atoms with Gasteiger partial charge in [0.05, 0.1) is 13.2 Å². The quantitative estimate of drug-likeness (QED) is 0.499. The largest absolute Gasteiger partial charge is 0.396 e. The monoisotopic (exact) mass is 430 g/mol. The minimum atomic E-state index is -0.858. The Morgan fingerprint density at radius 1 is 0.968 bits per heavy atom. The molecule has 4 nitrogen and oxygen atoms in total. The highest BCUT2D eigenvalue weighted by Gasteiger charge is 2.66. The van der Waals surface area contributed by atoms with Crippen LogP contribution in [0.5, 0.6) is 0 Å². The summed E-state index contributed by atoms with van der Waals surface area (Å²) in [5, 5.41) is 20.7. The molecule has 1 aliphatic heterocycles. The molecule has 4 aliphatic carbocycles. The first-order chi connectivity index (χ1) is 14.8. The van der Waals surface area contributed by atoms with Crippen LogP contribution in [0.3, 0.4) is 0 Å². The summed E-state index contributed by atoms with van der Waals surface area (Å²) in [7, 11) is 0. The van der Waals surface area contributed by atoms with Crippen LogP contribution in [0.15, 0.2) is 0 Å². The lowest BCUT2D eigenvalue weighted by molar-refractivity contribution is -0.249. The Morgan fingerprint density at radius 2 is 1.71 bits per heavy atom. The van der Waals surface area contributed by atoms with Crippen LogP contribution < -0.4 is 0 Å². The predicted octanol–water partition coefficient (Wildman–Crippen LogP) is 4.53. The van der Waals surface area contributed by atoms with Crippen molar-refractivity contribution in [2.45, 2.75) is 96.4 Å². The van der Waals surface area contributed by atoms with Gasteiger partial charge in [0.1, 0.15) is 5.60 Å². The standard InChI is InChI=1S/C27H42O4/c1-19-17-27(30-15-16-31-27)18-20-7-8-21-22-10-13-26(29,11-5-4-6-14-28)24(22,2)12-9-23(21)25(19,20)3/h19-23,28-29H,4,6-10,12-18H2,1-3H3/t19-,20-,21-,22-,23-,24-,25-,26-/m0/s1. The topological polar surface area (TPSA) is 58.9 Å². The molecule has 0 amide bonds. The molecular weight excluding hydrogens is 388 g/mol. The Balaban J connectivity index is 1.38. The van der Waals surface area contributed by atoms with Gasteiger partial charge in [-0.3, -0.25) is 0 Å². The first kappa shape index (κ1) is 22.2. The molecule has 0 radical (unpaired) electrons. The molecule has 2 N–H and O–H groups in total. The van der Waals surface area contributed by atoms with E-state index in [0.29, 0.717) is 41.9 Å². The fraction of sp³-hybridized carbons (Fsp3) is 0.926. The van der Waals surface area contributed by atoms with E-state index in [1.54, 1.807) is 0 Å². The van der Waals surface area contributed by atoms with Crippen molar-refractivity contribution in [1.82, 2.24) is 0 Å². The number of fused-ring (bicyclic) bond motifs is 5. The lowest BCUT2D eigenvalue weighted by Crippen LogP contribution is -2.60. The van der Waals surface area contributed by atoms with Crippen molar-refractivity contribution in [3.05, 3.63) is 0 Å². The van der Waals surface area contributed by atoms with Crippen LogP contribution in [0.25, 0.3) is 0 Å². The number of aliphatic hydroxyl groups is 2. The molecule has 8 atom stereocenters. The number of rotatable bonds is 2. The number of aliphatic hydroxyl groups excluding tert-OH is 1. The van der Waals surface area contributed by atoms with E-state index < -0.39 is 5.60 Å². The molecule has 1 heterocycles. The summed E-state index contributed by atoms with van der Waals surface area (Å²) in [4.78, 5) is 0. The van der Waals surface area contributed by atoms with Gasteiger partial charge in [-0.15, -0.1) is 5.92 Å². The van der Waals surface area contributed by atoms with Gasteiger partial charge in [0, 0.05) is 31.3 Å². The maximum atomic E-state index is 11.7. The molecule has 1 saturated heterocycles. The highest BCUT2D eigenvalue weighted by molar-refractivity contribution is 5.26. The number of ether oxygens (including phenoxy) is 2. The van der Waals surface area contributed by atoms with E-state index in [0.717, 1.165) is 51.2 Å². The molecule has 5 aliphatic rings. The number of hydrogen-bond donors (Lipinski definition) is 2. The molecule has 4 saturated carbocycles. The average Bonchev–Trinajstić information content (AvgIpc) is 3.29. The van der Waals surface area contributed by atoms with Crippen LogP contribution in [0.1, 0.15) is 85.0 Å². The van der Waals surface area contributed by atoms with Gasteiger partial charge in [-0.2, -0.15) is 0 Å². The van der Waals surface area contributed by atoms with Crippen LogP contribution in [-0.4, -0.2) is 41.4 Å². The second-order valence-corrected chi connectivity index (χ2v) is 11.9. The minimum Gasteiger partial charge on any atom is -0.396 e. The third kappa shape index (κ3) is 3.17. The van der Waals surface area contributed by atoms with Gasteiger partial charge in [0.25, 0.3) is 0 Å². The van der Waals surface area contributed by atoms with Gasteiger partial charge in [0.15, 0.2) is 5.79 Å². The molecule has 0 aromatic rings. The molecule has 31 heavy (non-hydrogen) atoms. The SMILES string of the molecule is C[C@H]1CC2(C[C@@H]3CC[C@@H]4[C@H](CC[C@@]5(C)[C@H]4CC[C@@]5(O)C#CCCCO)[C@]31C)OCCO2. The molecule has 4 heteroatoms. The summed E-state index contributed by atoms with van der Waals surface area (Å²) in [6, 6.07) is 0. The van der Waals surface area contributed by atoms with Crippen LogP contribution >= 0.6 is 0 Å². The van der Waals surface area contributed by atoms with Crippen LogP contribution in [0, 0.1) is 52.3 Å². The summed E-state index contributed by atoms with van der Waals surface area (Å²) in [5.74, 6) is 9.48. The minimum absolute atomic E-state index is 0.0968. The first-order valence-corrected chi connectivity index (χ1v) is 12.9. The fourth-order valence-electron chi connectivity index (χ4n) is 9.03. The van der Waals surface area contributed by atoms with Crippen molar-refractivity contribution >= 4 is 0 Å². The van der Waals surface area contributed by atoms with Crippen LogP contribution in [-0.2, 0) is 9.47 Å². The lowest BCUT2D eigenvalue weighted by atomic mass is 9.42. The Morgan fingerprint density at radius 3 is 2.45 bits per heavy atom. The maximum absolute atomic E-state index is 11.7. The Labute approximate surface area is 188 Å². The van der Waals surface area contributed by atoms with Crippen molar-refractivity contribution < 1.29 is 19.7 Å². The summed E-state index contributed by atoms with van der Waals surface area (Å²) in [5.41, 5.74) is -0.609.